The lowest BCUT2D eigenvalue weighted by Crippen LogP contribution is -2.29. The van der Waals surface area contributed by atoms with Crippen molar-refractivity contribution < 1.29 is 9.59 Å². The standard InChI is InChI=1S/C12H17N3O2/c1-15(7-3-6-13)12(17)10-5-2-4-9(8-10)11(14)16/h2,4-5,8H,3,6-7,13H2,1H3,(H2,14,16). The molecule has 0 radical (unpaired) electrons. The number of benzene rings is 1. The third-order valence-electron chi connectivity index (χ3n) is 2.44. The van der Waals surface area contributed by atoms with Gasteiger partial charge < -0.3 is 16.4 Å². The van der Waals surface area contributed by atoms with Crippen LogP contribution < -0.4 is 11.5 Å². The molecule has 17 heavy (non-hydrogen) atoms. The maximum absolute atomic E-state index is 12.0. The zero-order chi connectivity index (χ0) is 12.8. The average molecular weight is 235 g/mol. The molecule has 0 heterocycles. The highest BCUT2D eigenvalue weighted by Gasteiger charge is 2.12. The zero-order valence-electron chi connectivity index (χ0n) is 9.85. The molecule has 0 fully saturated rings. The molecule has 0 spiro atoms. The lowest BCUT2D eigenvalue weighted by Gasteiger charge is -2.16. The second-order valence-electron chi connectivity index (χ2n) is 3.81. The van der Waals surface area contributed by atoms with Crippen LogP contribution in [-0.4, -0.2) is 36.9 Å². The molecule has 2 amide bonds. The fraction of sp³-hybridized carbons (Fsp3) is 0.333. The Bertz CT molecular complexity index is 418. The molecule has 0 unspecified atom stereocenters. The van der Waals surface area contributed by atoms with Gasteiger partial charge in [0.2, 0.25) is 5.91 Å². The van der Waals surface area contributed by atoms with Crippen LogP contribution in [0.1, 0.15) is 27.1 Å². The SMILES string of the molecule is CN(CCCN)C(=O)c1cccc(C(N)=O)c1. The van der Waals surface area contributed by atoms with E-state index in [4.69, 9.17) is 11.5 Å². The molecule has 0 aliphatic carbocycles. The van der Waals surface area contributed by atoms with Crippen LogP contribution in [0.15, 0.2) is 24.3 Å². The number of hydrogen-bond acceptors (Lipinski definition) is 3. The second-order valence-corrected chi connectivity index (χ2v) is 3.81. The van der Waals surface area contributed by atoms with Gasteiger partial charge in [-0.2, -0.15) is 0 Å². The molecule has 0 saturated heterocycles. The van der Waals surface area contributed by atoms with Gasteiger partial charge in [0.1, 0.15) is 0 Å². The maximum atomic E-state index is 12.0. The molecule has 0 bridgehead atoms. The van der Waals surface area contributed by atoms with Gasteiger partial charge in [0.15, 0.2) is 0 Å². The largest absolute Gasteiger partial charge is 0.366 e. The van der Waals surface area contributed by atoms with E-state index in [2.05, 4.69) is 0 Å². The Morgan fingerprint density at radius 1 is 1.29 bits per heavy atom. The number of nitrogens with zero attached hydrogens (tertiary/aromatic N) is 1. The van der Waals surface area contributed by atoms with E-state index in [1.54, 1.807) is 30.1 Å². The molecular weight excluding hydrogens is 218 g/mol. The van der Waals surface area contributed by atoms with Crippen LogP contribution >= 0.6 is 0 Å². The summed E-state index contributed by atoms with van der Waals surface area (Å²) in [6.45, 7) is 1.13. The number of carbonyl (C=O) groups is 2. The van der Waals surface area contributed by atoms with Crippen molar-refractivity contribution in [3.8, 4) is 0 Å². The predicted molar refractivity (Wildman–Crippen MR) is 65.6 cm³/mol. The number of amides is 2. The Morgan fingerprint density at radius 2 is 1.94 bits per heavy atom. The minimum absolute atomic E-state index is 0.137. The fourth-order valence-corrected chi connectivity index (χ4v) is 1.46. The Morgan fingerprint density at radius 3 is 2.53 bits per heavy atom. The molecule has 1 aromatic rings. The monoisotopic (exact) mass is 235 g/mol. The topological polar surface area (TPSA) is 89.4 Å². The van der Waals surface area contributed by atoms with Gasteiger partial charge in [0.25, 0.3) is 5.91 Å². The first kappa shape index (κ1) is 13.2. The van der Waals surface area contributed by atoms with Crippen molar-refractivity contribution >= 4 is 11.8 Å². The lowest BCUT2D eigenvalue weighted by atomic mass is 10.1. The van der Waals surface area contributed by atoms with Crippen LogP contribution in [0.25, 0.3) is 0 Å². The summed E-state index contributed by atoms with van der Waals surface area (Å²) in [6, 6.07) is 6.39. The van der Waals surface area contributed by atoms with Gasteiger partial charge in [0, 0.05) is 24.7 Å². The zero-order valence-corrected chi connectivity index (χ0v) is 9.85. The van der Waals surface area contributed by atoms with Crippen LogP contribution in [0.4, 0.5) is 0 Å². The first-order valence-corrected chi connectivity index (χ1v) is 5.41. The summed E-state index contributed by atoms with van der Waals surface area (Å²) in [5, 5.41) is 0. The van der Waals surface area contributed by atoms with E-state index in [1.807, 2.05) is 0 Å². The Kier molecular flexibility index (Phi) is 4.66. The molecule has 1 aromatic carbocycles. The summed E-state index contributed by atoms with van der Waals surface area (Å²) in [6.07, 6.45) is 0.748. The molecule has 0 atom stereocenters. The first-order chi connectivity index (χ1) is 8.06. The third-order valence-corrected chi connectivity index (χ3v) is 2.44. The van der Waals surface area contributed by atoms with E-state index in [1.165, 1.54) is 6.07 Å². The highest BCUT2D eigenvalue weighted by Crippen LogP contribution is 2.07. The van der Waals surface area contributed by atoms with Gasteiger partial charge in [-0.1, -0.05) is 6.07 Å². The van der Waals surface area contributed by atoms with Crippen LogP contribution in [0, 0.1) is 0 Å². The molecule has 0 aliphatic heterocycles. The summed E-state index contributed by atoms with van der Waals surface area (Å²) in [4.78, 5) is 24.5. The fourth-order valence-electron chi connectivity index (χ4n) is 1.46. The van der Waals surface area contributed by atoms with Crippen molar-refractivity contribution in [1.29, 1.82) is 0 Å². The highest BCUT2D eigenvalue weighted by atomic mass is 16.2. The van der Waals surface area contributed by atoms with Gasteiger partial charge in [-0.25, -0.2) is 0 Å². The minimum Gasteiger partial charge on any atom is -0.366 e. The molecule has 0 saturated carbocycles. The second kappa shape index (κ2) is 6.00. The van der Waals surface area contributed by atoms with Gasteiger partial charge in [-0.05, 0) is 31.2 Å². The Labute approximate surface area is 100 Å². The molecule has 92 valence electrons. The van der Waals surface area contributed by atoms with Gasteiger partial charge in [0.05, 0.1) is 0 Å². The van der Waals surface area contributed by atoms with Crippen LogP contribution in [0.3, 0.4) is 0 Å². The van der Waals surface area contributed by atoms with Gasteiger partial charge in [-0.3, -0.25) is 9.59 Å². The highest BCUT2D eigenvalue weighted by molar-refractivity contribution is 5.98. The third kappa shape index (κ3) is 3.57. The minimum atomic E-state index is -0.538. The molecule has 1 rings (SSSR count). The first-order valence-electron chi connectivity index (χ1n) is 5.41. The Hall–Kier alpha value is -1.88. The van der Waals surface area contributed by atoms with Crippen molar-refractivity contribution in [2.75, 3.05) is 20.1 Å². The van der Waals surface area contributed by atoms with E-state index in [0.29, 0.717) is 24.2 Å². The Balaban J connectivity index is 2.81. The summed E-state index contributed by atoms with van der Waals surface area (Å²) in [5.74, 6) is -0.675. The van der Waals surface area contributed by atoms with E-state index < -0.39 is 5.91 Å². The van der Waals surface area contributed by atoms with Crippen molar-refractivity contribution in [2.45, 2.75) is 6.42 Å². The van der Waals surface area contributed by atoms with Crippen LogP contribution in [0.5, 0.6) is 0 Å². The van der Waals surface area contributed by atoms with Crippen molar-refractivity contribution in [2.24, 2.45) is 11.5 Å². The molecule has 5 heteroatoms. The molecular formula is C12H17N3O2. The van der Waals surface area contributed by atoms with Crippen molar-refractivity contribution in [3.05, 3.63) is 35.4 Å². The average Bonchev–Trinajstić information content (AvgIpc) is 2.35. The summed E-state index contributed by atoms with van der Waals surface area (Å²) < 4.78 is 0. The van der Waals surface area contributed by atoms with Gasteiger partial charge in [-0.15, -0.1) is 0 Å². The number of carbonyl (C=O) groups excluding carboxylic acids is 2. The number of nitrogens with two attached hydrogens (primary N) is 2. The van der Waals surface area contributed by atoms with Crippen molar-refractivity contribution in [1.82, 2.24) is 4.90 Å². The summed E-state index contributed by atoms with van der Waals surface area (Å²) in [5.41, 5.74) is 11.3. The predicted octanol–water partition coefficient (Wildman–Crippen LogP) is 0.206. The summed E-state index contributed by atoms with van der Waals surface area (Å²) in [7, 11) is 1.70. The van der Waals surface area contributed by atoms with Crippen LogP contribution in [0.2, 0.25) is 0 Å². The van der Waals surface area contributed by atoms with E-state index in [0.717, 1.165) is 6.42 Å². The normalized spacial score (nSPS) is 10.0. The number of hydrogen-bond donors (Lipinski definition) is 2. The molecule has 5 nitrogen and oxygen atoms in total. The molecule has 4 N–H and O–H groups in total. The van der Waals surface area contributed by atoms with E-state index in [-0.39, 0.29) is 5.91 Å². The smallest absolute Gasteiger partial charge is 0.253 e. The van der Waals surface area contributed by atoms with E-state index >= 15 is 0 Å². The summed E-state index contributed by atoms with van der Waals surface area (Å²) >= 11 is 0. The van der Waals surface area contributed by atoms with Gasteiger partial charge >= 0.3 is 0 Å². The van der Waals surface area contributed by atoms with E-state index in [9.17, 15) is 9.59 Å². The lowest BCUT2D eigenvalue weighted by molar-refractivity contribution is 0.0794. The quantitative estimate of drug-likeness (QED) is 0.764. The van der Waals surface area contributed by atoms with Crippen LogP contribution in [-0.2, 0) is 0 Å². The molecule has 0 aliphatic rings. The molecule has 0 aromatic heterocycles. The number of rotatable bonds is 5. The number of primary amides is 1. The van der Waals surface area contributed by atoms with Crippen molar-refractivity contribution in [3.63, 3.8) is 0 Å². The maximum Gasteiger partial charge on any atom is 0.253 e.